The second-order valence-electron chi connectivity index (χ2n) is 7.23. The Labute approximate surface area is 153 Å². The molecule has 0 saturated heterocycles. The van der Waals surface area contributed by atoms with Crippen LogP contribution in [0.3, 0.4) is 0 Å². The van der Waals surface area contributed by atoms with Crippen molar-refractivity contribution in [2.45, 2.75) is 59.4 Å². The number of hydrogen-bond acceptors (Lipinski definition) is 6. The highest BCUT2D eigenvalue weighted by atomic mass is 16.6. The number of Topliss-reactive ketones (excluding diaryl/α,β-unsaturated/α-hetero) is 1. The number of aryl methyl sites for hydroxylation is 1. The maximum absolute atomic E-state index is 13.3. The molecule has 0 saturated carbocycles. The lowest BCUT2D eigenvalue weighted by molar-refractivity contribution is -0.167. The molecule has 2 unspecified atom stereocenters. The van der Waals surface area contributed by atoms with Crippen molar-refractivity contribution in [2.24, 2.45) is 5.92 Å². The highest BCUT2D eigenvalue weighted by Crippen LogP contribution is 2.39. The van der Waals surface area contributed by atoms with Gasteiger partial charge in [-0.15, -0.1) is 0 Å². The van der Waals surface area contributed by atoms with Gasteiger partial charge in [0.2, 0.25) is 5.78 Å². The number of ketones is 1. The number of carbonyl (C=O) groups excluding carboxylic acids is 3. The summed E-state index contributed by atoms with van der Waals surface area (Å²) in [6, 6.07) is 3.81. The average molecular weight is 362 g/mol. The van der Waals surface area contributed by atoms with Crippen molar-refractivity contribution in [1.82, 2.24) is 0 Å². The van der Waals surface area contributed by atoms with E-state index in [1.54, 1.807) is 21.0 Å². The first-order valence-corrected chi connectivity index (χ1v) is 8.59. The summed E-state index contributed by atoms with van der Waals surface area (Å²) in [7, 11) is 1.57. The zero-order valence-electron chi connectivity index (χ0n) is 16.2. The smallest absolute Gasteiger partial charge is 0.303 e. The van der Waals surface area contributed by atoms with E-state index in [-0.39, 0.29) is 5.78 Å². The van der Waals surface area contributed by atoms with Crippen LogP contribution in [0.25, 0.3) is 0 Å². The second kappa shape index (κ2) is 7.58. The summed E-state index contributed by atoms with van der Waals surface area (Å²) in [6.07, 6.45) is -0.547. The Morgan fingerprint density at radius 3 is 2.38 bits per heavy atom. The Bertz CT molecular complexity index is 734. The molecule has 1 aliphatic carbocycles. The second-order valence-corrected chi connectivity index (χ2v) is 7.23. The van der Waals surface area contributed by atoms with Crippen LogP contribution in [0.1, 0.15) is 54.7 Å². The largest absolute Gasteiger partial charge is 0.459 e. The lowest BCUT2D eigenvalue weighted by Crippen LogP contribution is -2.51. The molecular weight excluding hydrogens is 336 g/mol. The summed E-state index contributed by atoms with van der Waals surface area (Å²) >= 11 is 0. The minimum absolute atomic E-state index is 0.276. The van der Waals surface area contributed by atoms with Gasteiger partial charge in [-0.1, -0.05) is 12.1 Å². The summed E-state index contributed by atoms with van der Waals surface area (Å²) in [5.41, 5.74) is 2.20. The zero-order chi connectivity index (χ0) is 19.6. The third-order valence-electron chi connectivity index (χ3n) is 4.82. The molecule has 2 rings (SSSR count). The third kappa shape index (κ3) is 3.96. The topological polar surface area (TPSA) is 78.9 Å². The fraction of sp³-hybridized carbons (Fsp3) is 0.550. The molecule has 0 heterocycles. The summed E-state index contributed by atoms with van der Waals surface area (Å²) in [4.78, 5) is 36.4. The number of hydrogen-bond donors (Lipinski definition) is 0. The number of esters is 2. The standard InChI is InChI=1S/C20H26O6/c1-11-7-8-14(10-24-6)17-15(11)9-16(20(4,5)26-13(3)22)19(18(17)23)25-12(2)21/h7-8,16,19H,9-10H2,1-6H3. The average Bonchev–Trinajstić information content (AvgIpc) is 2.50. The maximum atomic E-state index is 13.3. The molecule has 6 heteroatoms. The normalized spacial score (nSPS) is 19.7. The van der Waals surface area contributed by atoms with Crippen molar-refractivity contribution in [2.75, 3.05) is 7.11 Å². The van der Waals surface area contributed by atoms with Crippen molar-refractivity contribution < 1.29 is 28.6 Å². The molecule has 0 aromatic heterocycles. The summed E-state index contributed by atoms with van der Waals surface area (Å²) in [5.74, 6) is -1.75. The van der Waals surface area contributed by atoms with E-state index in [1.807, 2.05) is 19.1 Å². The van der Waals surface area contributed by atoms with Crippen molar-refractivity contribution in [3.63, 3.8) is 0 Å². The van der Waals surface area contributed by atoms with Gasteiger partial charge in [0.25, 0.3) is 0 Å². The molecule has 0 aliphatic heterocycles. The summed E-state index contributed by atoms with van der Waals surface area (Å²) in [5, 5.41) is 0. The molecule has 0 radical (unpaired) electrons. The number of carbonyl (C=O) groups is 3. The lowest BCUT2D eigenvalue weighted by atomic mass is 9.71. The van der Waals surface area contributed by atoms with E-state index >= 15 is 0 Å². The van der Waals surface area contributed by atoms with Crippen LogP contribution in [0.4, 0.5) is 0 Å². The van der Waals surface area contributed by atoms with E-state index in [4.69, 9.17) is 14.2 Å². The predicted octanol–water partition coefficient (Wildman–Crippen LogP) is 2.77. The van der Waals surface area contributed by atoms with Crippen LogP contribution in [0.2, 0.25) is 0 Å². The first kappa shape index (κ1) is 20.1. The molecule has 0 bridgehead atoms. The van der Waals surface area contributed by atoms with E-state index in [1.165, 1.54) is 13.8 Å². The van der Waals surface area contributed by atoms with Crippen molar-refractivity contribution in [3.8, 4) is 0 Å². The van der Waals surface area contributed by atoms with E-state index in [0.29, 0.717) is 18.6 Å². The number of rotatable bonds is 5. The number of ether oxygens (including phenoxy) is 3. The Morgan fingerprint density at radius 2 is 1.85 bits per heavy atom. The Balaban J connectivity index is 2.59. The lowest BCUT2D eigenvalue weighted by Gasteiger charge is -2.41. The first-order chi connectivity index (χ1) is 12.1. The molecule has 1 aliphatic rings. The molecule has 142 valence electrons. The van der Waals surface area contributed by atoms with Gasteiger partial charge in [0.05, 0.1) is 6.61 Å². The molecule has 0 N–H and O–H groups in total. The van der Waals surface area contributed by atoms with Crippen molar-refractivity contribution in [3.05, 3.63) is 34.4 Å². The van der Waals surface area contributed by atoms with Crippen molar-refractivity contribution >= 4 is 17.7 Å². The molecule has 0 amide bonds. The van der Waals surface area contributed by atoms with E-state index in [0.717, 1.165) is 16.7 Å². The minimum atomic E-state index is -1.01. The zero-order valence-corrected chi connectivity index (χ0v) is 16.2. The highest BCUT2D eigenvalue weighted by molar-refractivity contribution is 6.04. The fourth-order valence-corrected chi connectivity index (χ4v) is 3.67. The maximum Gasteiger partial charge on any atom is 0.303 e. The number of benzene rings is 1. The molecule has 26 heavy (non-hydrogen) atoms. The van der Waals surface area contributed by atoms with Crippen LogP contribution in [0, 0.1) is 12.8 Å². The quantitative estimate of drug-likeness (QED) is 0.750. The van der Waals surface area contributed by atoms with Gasteiger partial charge >= 0.3 is 11.9 Å². The molecule has 0 fully saturated rings. The van der Waals surface area contributed by atoms with Gasteiger partial charge < -0.3 is 14.2 Å². The van der Waals surface area contributed by atoms with Gasteiger partial charge in [0.1, 0.15) is 5.60 Å². The SMILES string of the molecule is COCc1ccc(C)c2c1C(=O)C(OC(C)=O)C(C(C)(C)OC(C)=O)C2. The number of methoxy groups -OCH3 is 1. The van der Waals surface area contributed by atoms with Crippen LogP contribution >= 0.6 is 0 Å². The van der Waals surface area contributed by atoms with Gasteiger partial charge in [-0.05, 0) is 43.9 Å². The predicted molar refractivity (Wildman–Crippen MR) is 94.8 cm³/mol. The van der Waals surface area contributed by atoms with Crippen LogP contribution in [0.5, 0.6) is 0 Å². The van der Waals surface area contributed by atoms with Gasteiger partial charge in [0.15, 0.2) is 6.10 Å². The Hall–Kier alpha value is -2.21. The Morgan fingerprint density at radius 1 is 1.19 bits per heavy atom. The summed E-state index contributed by atoms with van der Waals surface area (Å²) < 4.78 is 16.1. The van der Waals surface area contributed by atoms with E-state index in [2.05, 4.69) is 0 Å². The third-order valence-corrected chi connectivity index (χ3v) is 4.82. The minimum Gasteiger partial charge on any atom is -0.459 e. The van der Waals surface area contributed by atoms with E-state index in [9.17, 15) is 14.4 Å². The Kier molecular flexibility index (Phi) is 5.86. The van der Waals surface area contributed by atoms with Crippen LogP contribution in [-0.2, 0) is 36.8 Å². The monoisotopic (exact) mass is 362 g/mol. The fourth-order valence-electron chi connectivity index (χ4n) is 3.67. The number of fused-ring (bicyclic) bond motifs is 1. The molecule has 6 nitrogen and oxygen atoms in total. The van der Waals surface area contributed by atoms with Gasteiger partial charge in [0, 0.05) is 32.4 Å². The van der Waals surface area contributed by atoms with Crippen molar-refractivity contribution in [1.29, 1.82) is 0 Å². The van der Waals surface area contributed by atoms with Gasteiger partial charge in [-0.3, -0.25) is 14.4 Å². The first-order valence-electron chi connectivity index (χ1n) is 8.59. The summed E-state index contributed by atoms with van der Waals surface area (Å²) in [6.45, 7) is 8.29. The van der Waals surface area contributed by atoms with Gasteiger partial charge in [-0.25, -0.2) is 0 Å². The highest BCUT2D eigenvalue weighted by Gasteiger charge is 2.48. The van der Waals surface area contributed by atoms with Crippen LogP contribution in [0.15, 0.2) is 12.1 Å². The van der Waals surface area contributed by atoms with E-state index < -0.39 is 29.6 Å². The molecular formula is C20H26O6. The molecule has 1 aromatic carbocycles. The molecule has 0 spiro atoms. The molecule has 2 atom stereocenters. The molecule has 1 aromatic rings. The van der Waals surface area contributed by atoms with Gasteiger partial charge in [-0.2, -0.15) is 0 Å². The van der Waals surface area contributed by atoms with Crippen LogP contribution in [-0.4, -0.2) is 36.5 Å². The van der Waals surface area contributed by atoms with Crippen LogP contribution < -0.4 is 0 Å².